The first-order valence-corrected chi connectivity index (χ1v) is 9.01. The molecule has 0 aliphatic heterocycles. The molecule has 21 heavy (non-hydrogen) atoms. The Kier molecular flexibility index (Phi) is 7.84. The number of hydrogen-bond acceptors (Lipinski definition) is 4. The van der Waals surface area contributed by atoms with Crippen molar-refractivity contribution in [1.82, 2.24) is 5.32 Å². The summed E-state index contributed by atoms with van der Waals surface area (Å²) in [6.07, 6.45) is 1.99. The molecule has 0 aromatic carbocycles. The van der Waals surface area contributed by atoms with Gasteiger partial charge in [0.15, 0.2) is 0 Å². The molecule has 126 valence electrons. The number of carbonyl (C=O) groups is 1. The Morgan fingerprint density at radius 3 is 2.19 bits per heavy atom. The van der Waals surface area contributed by atoms with Crippen LogP contribution in [0.1, 0.15) is 40.0 Å². The van der Waals surface area contributed by atoms with Crippen molar-refractivity contribution in [1.29, 1.82) is 0 Å². The fourth-order valence-electron chi connectivity index (χ4n) is 1.89. The van der Waals surface area contributed by atoms with Gasteiger partial charge in [0, 0.05) is 30.6 Å². The van der Waals surface area contributed by atoms with E-state index in [4.69, 9.17) is 0 Å². The lowest BCUT2D eigenvalue weighted by Crippen LogP contribution is -2.44. The van der Waals surface area contributed by atoms with Crippen LogP contribution in [0, 0.1) is 5.41 Å². The third-order valence-electron chi connectivity index (χ3n) is 3.88. The summed E-state index contributed by atoms with van der Waals surface area (Å²) in [4.78, 5) is 11.9. The monoisotopic (exact) mass is 322 g/mol. The molecule has 1 N–H and O–H groups in total. The molecule has 0 unspecified atom stereocenters. The molecule has 0 aromatic heterocycles. The molecule has 0 aliphatic rings. The predicted molar refractivity (Wildman–Crippen MR) is 82.7 cm³/mol. The summed E-state index contributed by atoms with van der Waals surface area (Å²) < 4.78 is 32.3. The molecule has 0 saturated heterocycles. The van der Waals surface area contributed by atoms with Gasteiger partial charge in [0.2, 0.25) is 5.91 Å². The van der Waals surface area contributed by atoms with Gasteiger partial charge < -0.3 is 14.4 Å². The topological polar surface area (TPSA) is 86.3 Å². The molecule has 0 heterocycles. The molecule has 0 saturated carbocycles. The lowest BCUT2D eigenvalue weighted by molar-refractivity contribution is -0.890. The van der Waals surface area contributed by atoms with Crippen LogP contribution in [0.3, 0.4) is 0 Å². The Morgan fingerprint density at radius 2 is 1.71 bits per heavy atom. The van der Waals surface area contributed by atoms with E-state index in [2.05, 4.69) is 5.32 Å². The maximum Gasteiger partial charge on any atom is 0.225 e. The van der Waals surface area contributed by atoms with Gasteiger partial charge in [-0.15, -0.1) is 0 Å². The van der Waals surface area contributed by atoms with E-state index in [-0.39, 0.29) is 17.1 Å². The standard InChI is InChI=1S/C14H30N2O4S/c1-6-14(2,3)13(17)15-9-7-10-16(4,5)11-8-12-21(18,19)20/h6-12H2,1-5H3,(H-,15,17,18,19,20). The molecule has 0 fully saturated rings. The second kappa shape index (κ2) is 8.10. The Balaban J connectivity index is 3.97. The van der Waals surface area contributed by atoms with Gasteiger partial charge in [0.1, 0.15) is 0 Å². The zero-order valence-electron chi connectivity index (χ0n) is 13.9. The van der Waals surface area contributed by atoms with Gasteiger partial charge in [0.25, 0.3) is 0 Å². The minimum absolute atomic E-state index is 0.0627. The summed E-state index contributed by atoms with van der Waals surface area (Å²) >= 11 is 0. The Morgan fingerprint density at radius 1 is 1.19 bits per heavy atom. The van der Waals surface area contributed by atoms with E-state index >= 15 is 0 Å². The summed E-state index contributed by atoms with van der Waals surface area (Å²) in [6.45, 7) is 7.91. The first-order valence-electron chi connectivity index (χ1n) is 7.43. The van der Waals surface area contributed by atoms with Gasteiger partial charge >= 0.3 is 0 Å². The van der Waals surface area contributed by atoms with E-state index in [1.807, 2.05) is 34.9 Å². The van der Waals surface area contributed by atoms with Crippen molar-refractivity contribution in [2.75, 3.05) is 39.5 Å². The second-order valence-corrected chi connectivity index (χ2v) is 8.37. The summed E-state index contributed by atoms with van der Waals surface area (Å²) in [7, 11) is -0.129. The average Bonchev–Trinajstić information content (AvgIpc) is 2.32. The fraction of sp³-hybridized carbons (Fsp3) is 0.929. The largest absolute Gasteiger partial charge is 0.748 e. The molecule has 6 nitrogen and oxygen atoms in total. The van der Waals surface area contributed by atoms with Crippen molar-refractivity contribution in [3.8, 4) is 0 Å². The van der Waals surface area contributed by atoms with Crippen LogP contribution >= 0.6 is 0 Å². The summed E-state index contributed by atoms with van der Waals surface area (Å²) in [5, 5.41) is 2.93. The normalized spacial score (nSPS) is 13.2. The predicted octanol–water partition coefficient (Wildman–Crippen LogP) is 0.941. The quantitative estimate of drug-likeness (QED) is 0.368. The van der Waals surface area contributed by atoms with Crippen LogP contribution in [0.4, 0.5) is 0 Å². The van der Waals surface area contributed by atoms with Crippen molar-refractivity contribution in [3.63, 3.8) is 0 Å². The summed E-state index contributed by atoms with van der Waals surface area (Å²) in [5.41, 5.74) is -0.340. The molecular weight excluding hydrogens is 292 g/mol. The van der Waals surface area contributed by atoms with Crippen LogP contribution in [0.15, 0.2) is 0 Å². The lowest BCUT2D eigenvalue weighted by atomic mass is 9.89. The van der Waals surface area contributed by atoms with Gasteiger partial charge in [-0.2, -0.15) is 0 Å². The van der Waals surface area contributed by atoms with Crippen molar-refractivity contribution >= 4 is 16.0 Å². The van der Waals surface area contributed by atoms with Crippen molar-refractivity contribution in [3.05, 3.63) is 0 Å². The van der Waals surface area contributed by atoms with Gasteiger partial charge in [-0.3, -0.25) is 4.79 Å². The minimum atomic E-state index is -4.12. The zero-order valence-corrected chi connectivity index (χ0v) is 14.8. The van der Waals surface area contributed by atoms with Crippen LogP contribution in [0.5, 0.6) is 0 Å². The highest BCUT2D eigenvalue weighted by Crippen LogP contribution is 2.19. The average molecular weight is 322 g/mol. The van der Waals surface area contributed by atoms with Crippen LogP contribution in [-0.2, 0) is 14.9 Å². The number of quaternary nitrogens is 1. The van der Waals surface area contributed by atoms with Gasteiger partial charge in [-0.05, 0) is 6.42 Å². The van der Waals surface area contributed by atoms with Gasteiger partial charge in [-0.25, -0.2) is 8.42 Å². The van der Waals surface area contributed by atoms with E-state index in [0.29, 0.717) is 24.0 Å². The summed E-state index contributed by atoms with van der Waals surface area (Å²) in [6, 6.07) is 0. The van der Waals surface area contributed by atoms with Crippen LogP contribution in [-0.4, -0.2) is 62.8 Å². The van der Waals surface area contributed by atoms with E-state index in [1.165, 1.54) is 0 Å². The highest BCUT2D eigenvalue weighted by Gasteiger charge is 2.24. The second-order valence-electron chi connectivity index (χ2n) is 6.85. The third kappa shape index (κ3) is 9.82. The number of nitrogens with one attached hydrogen (secondary N) is 1. The molecule has 0 bridgehead atoms. The number of hydrogen-bond donors (Lipinski definition) is 1. The third-order valence-corrected chi connectivity index (χ3v) is 4.67. The Hall–Kier alpha value is -0.660. The van der Waals surface area contributed by atoms with Crippen LogP contribution in [0.25, 0.3) is 0 Å². The fourth-order valence-corrected chi connectivity index (χ4v) is 2.37. The van der Waals surface area contributed by atoms with E-state index < -0.39 is 10.1 Å². The van der Waals surface area contributed by atoms with Gasteiger partial charge in [0.05, 0.1) is 37.3 Å². The first kappa shape index (κ1) is 20.3. The maximum atomic E-state index is 11.9. The number of nitrogens with zero attached hydrogens (tertiary/aromatic N) is 1. The Bertz CT molecular complexity index is 430. The number of amides is 1. The molecule has 0 spiro atoms. The smallest absolute Gasteiger partial charge is 0.225 e. The lowest BCUT2D eigenvalue weighted by Gasteiger charge is -2.30. The molecular formula is C14H30N2O4S. The molecule has 0 aliphatic carbocycles. The molecule has 0 aromatic rings. The SMILES string of the molecule is CCC(C)(C)C(=O)NCCC[N+](C)(C)CCCS(=O)(=O)[O-]. The molecule has 0 rings (SSSR count). The van der Waals surface area contributed by atoms with Gasteiger partial charge in [-0.1, -0.05) is 20.8 Å². The van der Waals surface area contributed by atoms with Crippen molar-refractivity contribution < 1.29 is 22.2 Å². The number of rotatable bonds is 10. The molecule has 0 atom stereocenters. The highest BCUT2D eigenvalue weighted by atomic mass is 32.2. The zero-order chi connectivity index (χ0) is 16.7. The molecule has 0 radical (unpaired) electrons. The van der Waals surface area contributed by atoms with Crippen LogP contribution in [0.2, 0.25) is 0 Å². The molecule has 1 amide bonds. The van der Waals surface area contributed by atoms with Crippen molar-refractivity contribution in [2.24, 2.45) is 5.41 Å². The summed E-state index contributed by atoms with van der Waals surface area (Å²) in [5.74, 6) is -0.247. The van der Waals surface area contributed by atoms with E-state index in [0.717, 1.165) is 19.4 Å². The Labute approximate surface area is 129 Å². The van der Waals surface area contributed by atoms with Crippen LogP contribution < -0.4 is 5.32 Å². The maximum absolute atomic E-state index is 11.9. The van der Waals surface area contributed by atoms with E-state index in [1.54, 1.807) is 0 Å². The number of carbonyl (C=O) groups excluding carboxylic acids is 1. The first-order chi connectivity index (χ1) is 9.40. The van der Waals surface area contributed by atoms with E-state index in [9.17, 15) is 17.8 Å². The molecule has 7 heteroatoms. The van der Waals surface area contributed by atoms with Crippen molar-refractivity contribution in [2.45, 2.75) is 40.0 Å². The minimum Gasteiger partial charge on any atom is -0.748 e. The highest BCUT2D eigenvalue weighted by molar-refractivity contribution is 7.85.